The zero-order valence-electron chi connectivity index (χ0n) is 12.4. The van der Waals surface area contributed by atoms with Gasteiger partial charge < -0.3 is 5.32 Å². The predicted octanol–water partition coefficient (Wildman–Crippen LogP) is 4.93. The molecule has 0 spiro atoms. The number of aryl methyl sites for hydroxylation is 1. The molecule has 1 aromatic carbocycles. The van der Waals surface area contributed by atoms with Crippen LogP contribution in [0.2, 0.25) is 0 Å². The van der Waals surface area contributed by atoms with Crippen molar-refractivity contribution >= 4 is 0 Å². The standard InChI is InChI=1S/C18H27N/c1-3-19-18(17-13-9-10-15(2)14-17)16-11-7-5-4-6-8-12-16/h9-11,13-14,18-19H,3-8,12H2,1-2H3/b16-11+. The maximum absolute atomic E-state index is 3.68. The normalized spacial score (nSPS) is 21.1. The number of hydrogen-bond donors (Lipinski definition) is 1. The Hall–Kier alpha value is -1.08. The Labute approximate surface area is 118 Å². The Kier molecular flexibility index (Phi) is 5.65. The molecule has 1 aliphatic carbocycles. The lowest BCUT2D eigenvalue weighted by molar-refractivity contribution is 0.554. The summed E-state index contributed by atoms with van der Waals surface area (Å²) in [5, 5.41) is 3.68. The van der Waals surface area contributed by atoms with Gasteiger partial charge in [-0.25, -0.2) is 0 Å². The van der Waals surface area contributed by atoms with Crippen LogP contribution in [0.25, 0.3) is 0 Å². The molecular weight excluding hydrogens is 230 g/mol. The number of rotatable bonds is 4. The smallest absolute Gasteiger partial charge is 0.0536 e. The summed E-state index contributed by atoms with van der Waals surface area (Å²) in [7, 11) is 0. The molecule has 1 heteroatoms. The molecule has 1 aromatic rings. The number of nitrogens with one attached hydrogen (secondary N) is 1. The lowest BCUT2D eigenvalue weighted by atomic mass is 9.90. The highest BCUT2D eigenvalue weighted by Gasteiger charge is 2.16. The average Bonchev–Trinajstić information content (AvgIpc) is 2.36. The topological polar surface area (TPSA) is 12.0 Å². The van der Waals surface area contributed by atoms with Crippen molar-refractivity contribution in [1.82, 2.24) is 5.32 Å². The van der Waals surface area contributed by atoms with Gasteiger partial charge in [-0.15, -0.1) is 0 Å². The fourth-order valence-corrected chi connectivity index (χ4v) is 3.00. The molecule has 0 aliphatic heterocycles. The van der Waals surface area contributed by atoms with Crippen LogP contribution in [0.15, 0.2) is 35.9 Å². The van der Waals surface area contributed by atoms with E-state index < -0.39 is 0 Å². The van der Waals surface area contributed by atoms with Gasteiger partial charge in [-0.1, -0.05) is 61.2 Å². The van der Waals surface area contributed by atoms with Crippen molar-refractivity contribution in [3.63, 3.8) is 0 Å². The summed E-state index contributed by atoms with van der Waals surface area (Å²) in [4.78, 5) is 0. The van der Waals surface area contributed by atoms with Crippen molar-refractivity contribution < 1.29 is 0 Å². The number of benzene rings is 1. The lowest BCUT2D eigenvalue weighted by Crippen LogP contribution is -2.23. The zero-order valence-corrected chi connectivity index (χ0v) is 12.4. The van der Waals surface area contributed by atoms with Crippen molar-refractivity contribution in [2.24, 2.45) is 0 Å². The molecule has 1 aliphatic rings. The highest BCUT2D eigenvalue weighted by Crippen LogP contribution is 2.29. The fraction of sp³-hybridized carbons (Fsp3) is 0.556. The summed E-state index contributed by atoms with van der Waals surface area (Å²) in [5.74, 6) is 0. The molecule has 0 radical (unpaired) electrons. The van der Waals surface area contributed by atoms with Crippen LogP contribution in [0.4, 0.5) is 0 Å². The SMILES string of the molecule is CCNC(/C1=C/CCCCCC1)c1cccc(C)c1. The van der Waals surface area contributed by atoms with Crippen molar-refractivity contribution in [2.75, 3.05) is 6.54 Å². The van der Waals surface area contributed by atoms with Crippen LogP contribution in [-0.2, 0) is 0 Å². The van der Waals surface area contributed by atoms with Crippen molar-refractivity contribution in [3.8, 4) is 0 Å². The molecule has 1 nitrogen and oxygen atoms in total. The van der Waals surface area contributed by atoms with Gasteiger partial charge in [0.2, 0.25) is 0 Å². The molecule has 0 bridgehead atoms. The van der Waals surface area contributed by atoms with Crippen LogP contribution in [0.5, 0.6) is 0 Å². The molecule has 19 heavy (non-hydrogen) atoms. The van der Waals surface area contributed by atoms with E-state index in [1.165, 1.54) is 49.7 Å². The lowest BCUT2D eigenvalue weighted by Gasteiger charge is -2.24. The maximum Gasteiger partial charge on any atom is 0.0536 e. The van der Waals surface area contributed by atoms with Gasteiger partial charge in [0.1, 0.15) is 0 Å². The summed E-state index contributed by atoms with van der Waals surface area (Å²) >= 11 is 0. The van der Waals surface area contributed by atoms with E-state index in [-0.39, 0.29) is 0 Å². The molecule has 0 aromatic heterocycles. The Morgan fingerprint density at radius 3 is 2.79 bits per heavy atom. The third-order valence-electron chi connectivity index (χ3n) is 3.98. The van der Waals surface area contributed by atoms with E-state index in [1.807, 2.05) is 0 Å². The van der Waals surface area contributed by atoms with Crippen molar-refractivity contribution in [2.45, 2.75) is 58.4 Å². The van der Waals surface area contributed by atoms with Crippen molar-refractivity contribution in [3.05, 3.63) is 47.0 Å². The Balaban J connectivity index is 2.22. The van der Waals surface area contributed by atoms with Crippen molar-refractivity contribution in [1.29, 1.82) is 0 Å². The molecule has 0 saturated carbocycles. The van der Waals surface area contributed by atoms with Crippen LogP contribution in [-0.4, -0.2) is 6.54 Å². The highest BCUT2D eigenvalue weighted by atomic mass is 14.9. The molecule has 2 rings (SSSR count). The van der Waals surface area contributed by atoms with Crippen LogP contribution in [0.1, 0.15) is 62.6 Å². The van der Waals surface area contributed by atoms with E-state index in [1.54, 1.807) is 5.57 Å². The first kappa shape index (κ1) is 14.3. The number of allylic oxidation sites excluding steroid dienone is 1. The van der Waals surface area contributed by atoms with Crippen LogP contribution >= 0.6 is 0 Å². The molecule has 0 heterocycles. The van der Waals surface area contributed by atoms with Gasteiger partial charge in [0.05, 0.1) is 6.04 Å². The minimum Gasteiger partial charge on any atom is -0.307 e. The second-order valence-corrected chi connectivity index (χ2v) is 5.64. The Morgan fingerprint density at radius 2 is 2.00 bits per heavy atom. The van der Waals surface area contributed by atoms with E-state index in [4.69, 9.17) is 0 Å². The van der Waals surface area contributed by atoms with Gasteiger partial charge in [-0.05, 0) is 44.7 Å². The molecule has 0 fully saturated rings. The molecule has 1 N–H and O–H groups in total. The van der Waals surface area contributed by atoms with Gasteiger partial charge in [-0.3, -0.25) is 0 Å². The minimum absolute atomic E-state index is 0.419. The van der Waals surface area contributed by atoms with Gasteiger partial charge >= 0.3 is 0 Å². The molecular formula is C18H27N. The molecule has 0 amide bonds. The maximum atomic E-state index is 3.68. The number of hydrogen-bond acceptors (Lipinski definition) is 1. The molecule has 1 atom stereocenters. The number of likely N-dealkylation sites (N-methyl/N-ethyl adjacent to an activating group) is 1. The predicted molar refractivity (Wildman–Crippen MR) is 83.4 cm³/mol. The van der Waals surface area contributed by atoms with Gasteiger partial charge in [-0.2, -0.15) is 0 Å². The first-order valence-electron chi connectivity index (χ1n) is 7.80. The van der Waals surface area contributed by atoms with E-state index in [9.17, 15) is 0 Å². The second kappa shape index (κ2) is 7.49. The zero-order chi connectivity index (χ0) is 13.5. The van der Waals surface area contributed by atoms with Crippen LogP contribution in [0, 0.1) is 6.92 Å². The molecule has 0 saturated heterocycles. The minimum atomic E-state index is 0.419. The van der Waals surface area contributed by atoms with E-state index in [0.29, 0.717) is 6.04 Å². The largest absolute Gasteiger partial charge is 0.307 e. The monoisotopic (exact) mass is 257 g/mol. The van der Waals surface area contributed by atoms with E-state index in [0.717, 1.165) is 6.54 Å². The Morgan fingerprint density at radius 1 is 1.16 bits per heavy atom. The van der Waals surface area contributed by atoms with Gasteiger partial charge in [0.15, 0.2) is 0 Å². The first-order valence-corrected chi connectivity index (χ1v) is 7.80. The van der Waals surface area contributed by atoms with E-state index >= 15 is 0 Å². The highest BCUT2D eigenvalue weighted by molar-refractivity contribution is 5.31. The Bertz CT molecular complexity index is 419. The first-order chi connectivity index (χ1) is 9.31. The van der Waals surface area contributed by atoms with Gasteiger partial charge in [0, 0.05) is 0 Å². The van der Waals surface area contributed by atoms with E-state index in [2.05, 4.69) is 49.5 Å². The quantitative estimate of drug-likeness (QED) is 0.754. The third kappa shape index (κ3) is 4.21. The average molecular weight is 257 g/mol. The summed E-state index contributed by atoms with van der Waals surface area (Å²) in [6.07, 6.45) is 10.5. The summed E-state index contributed by atoms with van der Waals surface area (Å²) in [6.45, 7) is 5.40. The fourth-order valence-electron chi connectivity index (χ4n) is 3.00. The van der Waals surface area contributed by atoms with Crippen LogP contribution in [0.3, 0.4) is 0 Å². The molecule has 1 unspecified atom stereocenters. The van der Waals surface area contributed by atoms with Crippen LogP contribution < -0.4 is 5.32 Å². The second-order valence-electron chi connectivity index (χ2n) is 5.64. The third-order valence-corrected chi connectivity index (χ3v) is 3.98. The van der Waals surface area contributed by atoms with Gasteiger partial charge in [0.25, 0.3) is 0 Å². The summed E-state index contributed by atoms with van der Waals surface area (Å²) < 4.78 is 0. The summed E-state index contributed by atoms with van der Waals surface area (Å²) in [5.41, 5.74) is 4.38. The summed E-state index contributed by atoms with van der Waals surface area (Å²) in [6, 6.07) is 9.37. The molecule has 104 valence electrons.